The molecule has 4 heteroatoms. The Labute approximate surface area is 120 Å². The van der Waals surface area contributed by atoms with Crippen LogP contribution in [0.15, 0.2) is 0 Å². The van der Waals surface area contributed by atoms with Crippen molar-refractivity contribution >= 4 is 17.5 Å². The van der Waals surface area contributed by atoms with Crippen molar-refractivity contribution in [1.29, 1.82) is 0 Å². The van der Waals surface area contributed by atoms with Crippen LogP contribution in [0.4, 0.5) is 0 Å². The minimum absolute atomic E-state index is 0.0383. The maximum absolute atomic E-state index is 12.4. The molecule has 0 aromatic heterocycles. The maximum Gasteiger partial charge on any atom is 0.149 e. The van der Waals surface area contributed by atoms with Gasteiger partial charge in [-0.3, -0.25) is 4.79 Å². The zero-order valence-corrected chi connectivity index (χ0v) is 12.5. The lowest BCUT2D eigenvalue weighted by Crippen LogP contribution is -2.44. The molecule has 0 radical (unpaired) electrons. The normalized spacial score (nSPS) is 36.1. The van der Waals surface area contributed by atoms with Crippen molar-refractivity contribution in [3.05, 3.63) is 0 Å². The van der Waals surface area contributed by atoms with Crippen molar-refractivity contribution in [1.82, 2.24) is 5.32 Å². The highest BCUT2D eigenvalue weighted by atomic mass is 32.2. The first-order chi connectivity index (χ1) is 9.27. The lowest BCUT2D eigenvalue weighted by atomic mass is 9.83. The van der Waals surface area contributed by atoms with Crippen molar-refractivity contribution in [3.63, 3.8) is 0 Å². The molecule has 0 aromatic carbocycles. The van der Waals surface area contributed by atoms with Crippen LogP contribution in [-0.4, -0.2) is 42.1 Å². The van der Waals surface area contributed by atoms with Gasteiger partial charge in [0, 0.05) is 24.3 Å². The number of hydrogen-bond donors (Lipinski definition) is 1. The summed E-state index contributed by atoms with van der Waals surface area (Å²) >= 11 is 1.98. The van der Waals surface area contributed by atoms with Gasteiger partial charge < -0.3 is 10.1 Å². The third-order valence-electron chi connectivity index (χ3n) is 4.94. The highest BCUT2D eigenvalue weighted by molar-refractivity contribution is 7.99. The molecule has 3 aliphatic rings. The van der Waals surface area contributed by atoms with Crippen molar-refractivity contribution in [2.75, 3.05) is 24.7 Å². The van der Waals surface area contributed by atoms with E-state index in [4.69, 9.17) is 4.74 Å². The zero-order chi connectivity index (χ0) is 13.1. The largest absolute Gasteiger partial charge is 0.374 e. The average Bonchev–Trinajstić information content (AvgIpc) is 3.08. The summed E-state index contributed by atoms with van der Waals surface area (Å²) in [5.74, 6) is 2.95. The molecule has 3 nitrogen and oxygen atoms in total. The summed E-state index contributed by atoms with van der Waals surface area (Å²) in [6.45, 7) is 1.36. The molecule has 2 unspecified atom stereocenters. The maximum atomic E-state index is 12.4. The van der Waals surface area contributed by atoms with Crippen molar-refractivity contribution in [2.45, 2.75) is 56.6 Å². The minimum atomic E-state index is 0.0383. The van der Waals surface area contributed by atoms with Crippen LogP contribution in [0, 0.1) is 5.92 Å². The predicted molar refractivity (Wildman–Crippen MR) is 78.6 cm³/mol. The molecule has 1 saturated carbocycles. The summed E-state index contributed by atoms with van der Waals surface area (Å²) in [5, 5.41) is 3.46. The first-order valence-corrected chi connectivity index (χ1v) is 8.91. The van der Waals surface area contributed by atoms with Crippen LogP contribution in [0.5, 0.6) is 0 Å². The Balaban J connectivity index is 1.48. The molecule has 2 heterocycles. The fraction of sp³-hybridized carbons (Fsp3) is 0.933. The van der Waals surface area contributed by atoms with Gasteiger partial charge in [0.15, 0.2) is 0 Å². The predicted octanol–water partition coefficient (Wildman–Crippen LogP) is 2.39. The zero-order valence-electron chi connectivity index (χ0n) is 11.7. The van der Waals surface area contributed by atoms with Crippen molar-refractivity contribution in [3.8, 4) is 0 Å². The van der Waals surface area contributed by atoms with Crippen molar-refractivity contribution in [2.24, 2.45) is 5.92 Å². The van der Waals surface area contributed by atoms with Gasteiger partial charge in [-0.05, 0) is 37.9 Å². The van der Waals surface area contributed by atoms with E-state index in [1.165, 1.54) is 31.4 Å². The molecule has 1 aliphatic carbocycles. The fourth-order valence-corrected chi connectivity index (χ4v) is 5.06. The lowest BCUT2D eigenvalue weighted by Gasteiger charge is -2.37. The number of thioether (sulfide) groups is 1. The quantitative estimate of drug-likeness (QED) is 0.860. The van der Waals surface area contributed by atoms with Crippen LogP contribution in [0.2, 0.25) is 0 Å². The van der Waals surface area contributed by atoms with Gasteiger partial charge in [0.1, 0.15) is 5.78 Å². The van der Waals surface area contributed by atoms with Gasteiger partial charge in [-0.2, -0.15) is 11.8 Å². The molecule has 19 heavy (non-hydrogen) atoms. The fourth-order valence-electron chi connectivity index (χ4n) is 3.69. The van der Waals surface area contributed by atoms with Crippen LogP contribution in [0.25, 0.3) is 0 Å². The van der Waals surface area contributed by atoms with E-state index < -0.39 is 0 Å². The van der Waals surface area contributed by atoms with Crippen LogP contribution in [-0.2, 0) is 9.53 Å². The van der Waals surface area contributed by atoms with E-state index in [9.17, 15) is 4.79 Å². The Morgan fingerprint density at radius 2 is 2.16 bits per heavy atom. The average molecular weight is 283 g/mol. The Kier molecular flexibility index (Phi) is 4.50. The molecule has 2 aliphatic heterocycles. The summed E-state index contributed by atoms with van der Waals surface area (Å²) in [6, 6.07) is 0.597. The van der Waals surface area contributed by atoms with E-state index in [2.05, 4.69) is 5.32 Å². The van der Waals surface area contributed by atoms with E-state index in [-0.39, 0.29) is 11.5 Å². The number of nitrogens with one attached hydrogen (secondary N) is 1. The Bertz CT molecular complexity index is 322. The molecule has 0 aromatic rings. The van der Waals surface area contributed by atoms with Gasteiger partial charge in [-0.15, -0.1) is 0 Å². The molecule has 2 saturated heterocycles. The number of rotatable bonds is 4. The van der Waals surface area contributed by atoms with Gasteiger partial charge >= 0.3 is 0 Å². The van der Waals surface area contributed by atoms with Gasteiger partial charge in [0.25, 0.3) is 0 Å². The Morgan fingerprint density at radius 3 is 2.89 bits per heavy atom. The van der Waals surface area contributed by atoms with Gasteiger partial charge in [-0.25, -0.2) is 0 Å². The second-order valence-corrected chi connectivity index (χ2v) is 7.46. The third-order valence-corrected chi connectivity index (χ3v) is 6.16. The second-order valence-electron chi connectivity index (χ2n) is 6.35. The number of Topliss-reactive ketones (excluding diaryl/α,β-unsaturated/α-hetero) is 1. The van der Waals surface area contributed by atoms with Gasteiger partial charge in [0.05, 0.1) is 12.1 Å². The monoisotopic (exact) mass is 283 g/mol. The molecule has 108 valence electrons. The van der Waals surface area contributed by atoms with Gasteiger partial charge in [-0.1, -0.05) is 12.8 Å². The SMILES string of the molecule is O=C(CNC1CCCC1)C1CCOC2(CCSC2)C1. The highest BCUT2D eigenvalue weighted by Crippen LogP contribution is 2.40. The number of hydrogen-bond acceptors (Lipinski definition) is 4. The molecular formula is C15H25NO2S. The smallest absolute Gasteiger partial charge is 0.149 e. The van der Waals surface area contributed by atoms with Crippen LogP contribution >= 0.6 is 11.8 Å². The summed E-state index contributed by atoms with van der Waals surface area (Å²) in [6.07, 6.45) is 8.18. The van der Waals surface area contributed by atoms with Crippen LogP contribution < -0.4 is 5.32 Å². The molecule has 1 N–H and O–H groups in total. The topological polar surface area (TPSA) is 38.3 Å². The molecule has 3 fully saturated rings. The number of ether oxygens (including phenoxy) is 1. The molecule has 2 atom stereocenters. The van der Waals surface area contributed by atoms with E-state index in [1.807, 2.05) is 11.8 Å². The summed E-state index contributed by atoms with van der Waals surface area (Å²) in [5.41, 5.74) is 0.0383. The molecule has 3 rings (SSSR count). The van der Waals surface area contributed by atoms with Crippen LogP contribution in [0.1, 0.15) is 44.9 Å². The van der Waals surface area contributed by atoms with Crippen molar-refractivity contribution < 1.29 is 9.53 Å². The number of carbonyl (C=O) groups excluding carboxylic acids is 1. The Hall–Kier alpha value is -0.0600. The standard InChI is InChI=1S/C15H25NO2S/c17-14(10-16-13-3-1-2-4-13)12-5-7-18-15(9-12)6-8-19-11-15/h12-13,16H,1-11H2. The molecule has 1 spiro atoms. The summed E-state index contributed by atoms with van der Waals surface area (Å²) in [7, 11) is 0. The molecular weight excluding hydrogens is 258 g/mol. The van der Waals surface area contributed by atoms with Gasteiger partial charge in [0.2, 0.25) is 0 Å². The second kappa shape index (κ2) is 6.15. The summed E-state index contributed by atoms with van der Waals surface area (Å²) < 4.78 is 5.99. The molecule has 0 bridgehead atoms. The Morgan fingerprint density at radius 1 is 1.32 bits per heavy atom. The number of carbonyl (C=O) groups is 1. The van der Waals surface area contributed by atoms with E-state index >= 15 is 0 Å². The van der Waals surface area contributed by atoms with E-state index in [0.717, 1.165) is 31.6 Å². The first-order valence-electron chi connectivity index (χ1n) is 7.75. The lowest BCUT2D eigenvalue weighted by molar-refractivity contribution is -0.133. The third kappa shape index (κ3) is 3.34. The summed E-state index contributed by atoms with van der Waals surface area (Å²) in [4.78, 5) is 12.4. The first kappa shape index (κ1) is 13.9. The minimum Gasteiger partial charge on any atom is -0.374 e. The molecule has 0 amide bonds. The van der Waals surface area contributed by atoms with E-state index in [0.29, 0.717) is 18.4 Å². The number of ketones is 1. The van der Waals surface area contributed by atoms with Crippen LogP contribution in [0.3, 0.4) is 0 Å². The van der Waals surface area contributed by atoms with E-state index in [1.54, 1.807) is 0 Å². The highest BCUT2D eigenvalue weighted by Gasteiger charge is 2.42.